The standard InChI is InChI=1S/C20H23N3O2/c1-23(14-18(24)17-10-6-3-7-11-17)15-20-21-19(22-25-20)13-12-16-8-4-2-5-9-16/h2-11,18,24H,12-15H2,1H3/t18-/m1/s1. The molecule has 0 unspecified atom stereocenters. The fourth-order valence-corrected chi connectivity index (χ4v) is 2.73. The zero-order valence-corrected chi connectivity index (χ0v) is 14.4. The quantitative estimate of drug-likeness (QED) is 0.684. The Bertz CT molecular complexity index is 759. The second-order valence-electron chi connectivity index (χ2n) is 6.21. The van der Waals surface area contributed by atoms with Crippen LogP contribution in [0.5, 0.6) is 0 Å². The molecule has 0 radical (unpaired) electrons. The second-order valence-corrected chi connectivity index (χ2v) is 6.21. The SMILES string of the molecule is CN(Cc1nc(CCc2ccccc2)no1)C[C@@H](O)c1ccccc1. The smallest absolute Gasteiger partial charge is 0.240 e. The van der Waals surface area contributed by atoms with Crippen LogP contribution in [0.1, 0.15) is 28.9 Å². The minimum Gasteiger partial charge on any atom is -0.387 e. The average Bonchev–Trinajstić information content (AvgIpc) is 3.08. The summed E-state index contributed by atoms with van der Waals surface area (Å²) in [6, 6.07) is 19.9. The molecular formula is C20H23N3O2. The molecule has 0 spiro atoms. The van der Waals surface area contributed by atoms with Crippen molar-refractivity contribution in [3.8, 4) is 0 Å². The summed E-state index contributed by atoms with van der Waals surface area (Å²) in [6.07, 6.45) is 1.11. The third kappa shape index (κ3) is 5.24. The van der Waals surface area contributed by atoms with E-state index in [9.17, 15) is 5.11 Å². The van der Waals surface area contributed by atoms with Crippen molar-refractivity contribution in [2.45, 2.75) is 25.5 Å². The van der Waals surface area contributed by atoms with Crippen molar-refractivity contribution in [3.05, 3.63) is 83.5 Å². The van der Waals surface area contributed by atoms with E-state index in [0.717, 1.165) is 24.2 Å². The van der Waals surface area contributed by atoms with Crippen LogP contribution in [-0.2, 0) is 19.4 Å². The van der Waals surface area contributed by atoms with Crippen molar-refractivity contribution in [1.82, 2.24) is 15.0 Å². The predicted molar refractivity (Wildman–Crippen MR) is 95.9 cm³/mol. The fourth-order valence-electron chi connectivity index (χ4n) is 2.73. The van der Waals surface area contributed by atoms with Crippen LogP contribution < -0.4 is 0 Å². The summed E-state index contributed by atoms with van der Waals surface area (Å²) in [5, 5.41) is 14.3. The number of aliphatic hydroxyl groups excluding tert-OH is 1. The molecule has 0 aliphatic carbocycles. The highest BCUT2D eigenvalue weighted by molar-refractivity contribution is 5.17. The lowest BCUT2D eigenvalue weighted by atomic mass is 10.1. The number of benzene rings is 2. The Morgan fingerprint density at radius 1 is 1.00 bits per heavy atom. The molecule has 5 nitrogen and oxygen atoms in total. The van der Waals surface area contributed by atoms with E-state index in [0.29, 0.717) is 19.0 Å². The topological polar surface area (TPSA) is 62.4 Å². The van der Waals surface area contributed by atoms with E-state index < -0.39 is 6.10 Å². The van der Waals surface area contributed by atoms with Gasteiger partial charge in [-0.05, 0) is 24.6 Å². The molecule has 3 aromatic rings. The maximum atomic E-state index is 10.3. The highest BCUT2D eigenvalue weighted by Crippen LogP contribution is 2.14. The third-order valence-corrected chi connectivity index (χ3v) is 4.06. The van der Waals surface area contributed by atoms with Crippen molar-refractivity contribution >= 4 is 0 Å². The Balaban J connectivity index is 1.49. The van der Waals surface area contributed by atoms with Crippen LogP contribution in [0.4, 0.5) is 0 Å². The molecule has 0 bridgehead atoms. The molecule has 0 saturated heterocycles. The number of aryl methyl sites for hydroxylation is 2. The number of nitrogens with zero attached hydrogens (tertiary/aromatic N) is 3. The Labute approximate surface area is 147 Å². The zero-order chi connectivity index (χ0) is 17.5. The van der Waals surface area contributed by atoms with Gasteiger partial charge in [0.1, 0.15) is 0 Å². The van der Waals surface area contributed by atoms with Gasteiger partial charge >= 0.3 is 0 Å². The van der Waals surface area contributed by atoms with Gasteiger partial charge in [-0.1, -0.05) is 65.8 Å². The number of hydrogen-bond donors (Lipinski definition) is 1. The number of rotatable bonds is 8. The van der Waals surface area contributed by atoms with Crippen LogP contribution in [0, 0.1) is 0 Å². The molecule has 0 aliphatic heterocycles. The molecule has 25 heavy (non-hydrogen) atoms. The third-order valence-electron chi connectivity index (χ3n) is 4.06. The monoisotopic (exact) mass is 337 g/mol. The molecule has 0 fully saturated rings. The van der Waals surface area contributed by atoms with Crippen LogP contribution in [-0.4, -0.2) is 33.7 Å². The van der Waals surface area contributed by atoms with Gasteiger partial charge < -0.3 is 9.63 Å². The van der Waals surface area contributed by atoms with Crippen molar-refractivity contribution in [3.63, 3.8) is 0 Å². The van der Waals surface area contributed by atoms with Gasteiger partial charge in [0.25, 0.3) is 0 Å². The van der Waals surface area contributed by atoms with Gasteiger partial charge in [0.2, 0.25) is 5.89 Å². The van der Waals surface area contributed by atoms with Crippen LogP contribution in [0.2, 0.25) is 0 Å². The molecule has 1 aromatic heterocycles. The highest BCUT2D eigenvalue weighted by Gasteiger charge is 2.14. The van der Waals surface area contributed by atoms with E-state index in [-0.39, 0.29) is 0 Å². The van der Waals surface area contributed by atoms with Crippen molar-refractivity contribution in [1.29, 1.82) is 0 Å². The van der Waals surface area contributed by atoms with Gasteiger partial charge in [-0.3, -0.25) is 4.90 Å². The summed E-state index contributed by atoms with van der Waals surface area (Å²) < 4.78 is 5.33. The van der Waals surface area contributed by atoms with Crippen molar-refractivity contribution < 1.29 is 9.63 Å². The normalized spacial score (nSPS) is 12.4. The molecule has 2 aromatic carbocycles. The lowest BCUT2D eigenvalue weighted by molar-refractivity contribution is 0.118. The van der Waals surface area contributed by atoms with E-state index in [2.05, 4.69) is 22.3 Å². The Morgan fingerprint density at radius 3 is 2.40 bits per heavy atom. The molecule has 0 amide bonds. The van der Waals surface area contributed by atoms with E-state index in [1.54, 1.807) is 0 Å². The molecule has 1 heterocycles. The van der Waals surface area contributed by atoms with Gasteiger partial charge in [-0.15, -0.1) is 0 Å². The minimum absolute atomic E-state index is 0.506. The maximum Gasteiger partial charge on any atom is 0.240 e. The lowest BCUT2D eigenvalue weighted by Gasteiger charge is -2.19. The average molecular weight is 337 g/mol. The van der Waals surface area contributed by atoms with Crippen LogP contribution in [0.3, 0.4) is 0 Å². The summed E-state index contributed by atoms with van der Waals surface area (Å²) in [6.45, 7) is 1.02. The number of likely N-dealkylation sites (N-methyl/N-ethyl adjacent to an activating group) is 1. The summed E-state index contributed by atoms with van der Waals surface area (Å²) in [5.74, 6) is 1.29. The Morgan fingerprint density at radius 2 is 1.68 bits per heavy atom. The Hall–Kier alpha value is -2.50. The molecule has 1 N–H and O–H groups in total. The van der Waals surface area contributed by atoms with Gasteiger partial charge in [0.15, 0.2) is 5.82 Å². The fraction of sp³-hybridized carbons (Fsp3) is 0.300. The number of aromatic nitrogens is 2. The number of hydrogen-bond acceptors (Lipinski definition) is 5. The van der Waals surface area contributed by atoms with E-state index >= 15 is 0 Å². The molecule has 0 aliphatic rings. The summed E-state index contributed by atoms with van der Waals surface area (Å²) in [5.41, 5.74) is 2.17. The first-order valence-corrected chi connectivity index (χ1v) is 8.47. The predicted octanol–water partition coefficient (Wildman–Crippen LogP) is 3.02. The van der Waals surface area contributed by atoms with Crippen LogP contribution >= 0.6 is 0 Å². The van der Waals surface area contributed by atoms with E-state index in [4.69, 9.17) is 4.52 Å². The Kier molecular flexibility index (Phi) is 5.93. The lowest BCUT2D eigenvalue weighted by Crippen LogP contribution is -2.24. The first-order chi connectivity index (χ1) is 12.2. The summed E-state index contributed by atoms with van der Waals surface area (Å²) in [7, 11) is 1.93. The molecule has 1 atom stereocenters. The molecular weight excluding hydrogens is 314 g/mol. The van der Waals surface area contributed by atoms with E-state index in [1.807, 2.05) is 60.5 Å². The van der Waals surface area contributed by atoms with E-state index in [1.165, 1.54) is 5.56 Å². The zero-order valence-electron chi connectivity index (χ0n) is 14.4. The van der Waals surface area contributed by atoms with Gasteiger partial charge in [-0.25, -0.2) is 0 Å². The second kappa shape index (κ2) is 8.55. The molecule has 5 heteroatoms. The largest absolute Gasteiger partial charge is 0.387 e. The first-order valence-electron chi connectivity index (χ1n) is 8.47. The van der Waals surface area contributed by atoms with Crippen LogP contribution in [0.15, 0.2) is 65.2 Å². The van der Waals surface area contributed by atoms with Crippen molar-refractivity contribution in [2.75, 3.05) is 13.6 Å². The van der Waals surface area contributed by atoms with Crippen molar-refractivity contribution in [2.24, 2.45) is 0 Å². The highest BCUT2D eigenvalue weighted by atomic mass is 16.5. The van der Waals surface area contributed by atoms with Gasteiger partial charge in [0.05, 0.1) is 12.6 Å². The van der Waals surface area contributed by atoms with Gasteiger partial charge in [-0.2, -0.15) is 4.98 Å². The minimum atomic E-state index is -0.535. The summed E-state index contributed by atoms with van der Waals surface area (Å²) in [4.78, 5) is 6.42. The van der Waals surface area contributed by atoms with Gasteiger partial charge in [0, 0.05) is 13.0 Å². The molecule has 0 saturated carbocycles. The molecule has 130 valence electrons. The first kappa shape index (κ1) is 17.3. The summed E-state index contributed by atoms with van der Waals surface area (Å²) >= 11 is 0. The maximum absolute atomic E-state index is 10.3. The van der Waals surface area contributed by atoms with Crippen LogP contribution in [0.25, 0.3) is 0 Å². The number of aliphatic hydroxyl groups is 1. The molecule has 3 rings (SSSR count).